The van der Waals surface area contributed by atoms with Crippen molar-refractivity contribution in [3.8, 4) is 0 Å². The fraction of sp³-hybridized carbons (Fsp3) is 0.455. The monoisotopic (exact) mass is 285 g/mol. The number of rotatable bonds is 2. The Hall–Kier alpha value is -1.73. The second-order valence-corrected chi connectivity index (χ2v) is 4.77. The van der Waals surface area contributed by atoms with Crippen molar-refractivity contribution < 1.29 is 9.85 Å². The van der Waals surface area contributed by atoms with Gasteiger partial charge in [-0.3, -0.25) is 20.2 Å². The SMILES string of the molecule is Cl.O=[N+]([O-])c1cc2c(cc1[N+](=O)[O-])C1CNCC2C1. The molecule has 1 aliphatic carbocycles. The highest BCUT2D eigenvalue weighted by atomic mass is 35.5. The van der Waals surface area contributed by atoms with E-state index in [1.165, 1.54) is 12.1 Å². The normalized spacial score (nSPS) is 23.4. The summed E-state index contributed by atoms with van der Waals surface area (Å²) in [7, 11) is 0. The van der Waals surface area contributed by atoms with Gasteiger partial charge in [-0.25, -0.2) is 0 Å². The molecular formula is C11H12ClN3O4. The number of hydrogen-bond acceptors (Lipinski definition) is 5. The van der Waals surface area contributed by atoms with E-state index >= 15 is 0 Å². The molecule has 2 bridgehead atoms. The lowest BCUT2D eigenvalue weighted by molar-refractivity contribution is -0.422. The summed E-state index contributed by atoms with van der Waals surface area (Å²) < 4.78 is 0. The summed E-state index contributed by atoms with van der Waals surface area (Å²) in [5.41, 5.74) is 1.02. The number of nitrogens with zero attached hydrogens (tertiary/aromatic N) is 2. The van der Waals surface area contributed by atoms with Crippen LogP contribution in [0.3, 0.4) is 0 Å². The minimum absolute atomic E-state index is 0. The van der Waals surface area contributed by atoms with Gasteiger partial charge >= 0.3 is 11.4 Å². The number of nitro groups is 2. The molecule has 1 saturated heterocycles. The van der Waals surface area contributed by atoms with Crippen LogP contribution in [0, 0.1) is 20.2 Å². The van der Waals surface area contributed by atoms with E-state index in [2.05, 4.69) is 5.32 Å². The van der Waals surface area contributed by atoms with Crippen LogP contribution in [0.4, 0.5) is 11.4 Å². The maximum Gasteiger partial charge on any atom is 0.346 e. The first-order valence-electron chi connectivity index (χ1n) is 5.75. The van der Waals surface area contributed by atoms with Crippen LogP contribution < -0.4 is 5.32 Å². The minimum Gasteiger partial charge on any atom is -0.316 e. The Morgan fingerprint density at radius 1 is 1.00 bits per heavy atom. The molecule has 0 radical (unpaired) electrons. The Balaban J connectivity index is 0.00000133. The summed E-state index contributed by atoms with van der Waals surface area (Å²) in [6.45, 7) is 1.58. The van der Waals surface area contributed by atoms with Crippen molar-refractivity contribution in [1.82, 2.24) is 5.32 Å². The molecule has 19 heavy (non-hydrogen) atoms. The van der Waals surface area contributed by atoms with Crippen LogP contribution in [0.25, 0.3) is 0 Å². The van der Waals surface area contributed by atoms with Crippen molar-refractivity contribution in [3.05, 3.63) is 43.5 Å². The van der Waals surface area contributed by atoms with Crippen molar-refractivity contribution in [2.45, 2.75) is 18.3 Å². The zero-order valence-corrected chi connectivity index (χ0v) is 10.7. The van der Waals surface area contributed by atoms with E-state index < -0.39 is 21.2 Å². The predicted octanol–water partition coefficient (Wildman–Crippen LogP) is 2.10. The summed E-state index contributed by atoms with van der Waals surface area (Å²) in [5, 5.41) is 25.1. The van der Waals surface area contributed by atoms with E-state index in [1.807, 2.05) is 0 Å². The standard InChI is InChI=1S/C11H11N3O4.ClH/c15-13(16)10-2-8-6-1-7(5-12-4-6)9(8)3-11(10)14(17)18;/h2-3,6-7,12H,1,4-5H2;1H. The largest absolute Gasteiger partial charge is 0.346 e. The Labute approximate surface area is 114 Å². The molecule has 2 aliphatic rings. The number of fused-ring (bicyclic) bond motifs is 5. The van der Waals surface area contributed by atoms with Gasteiger partial charge in [0.05, 0.1) is 9.85 Å². The van der Waals surface area contributed by atoms with Crippen molar-refractivity contribution in [2.24, 2.45) is 0 Å². The van der Waals surface area contributed by atoms with Crippen LogP contribution in [-0.2, 0) is 0 Å². The molecule has 0 aromatic heterocycles. The average Bonchev–Trinajstić information content (AvgIpc) is 2.59. The average molecular weight is 286 g/mol. The number of nitro benzene ring substituents is 2. The van der Waals surface area contributed by atoms with Gasteiger partial charge in [0.1, 0.15) is 0 Å². The summed E-state index contributed by atoms with van der Waals surface area (Å²) in [4.78, 5) is 20.5. The fourth-order valence-corrected chi connectivity index (χ4v) is 3.02. The molecule has 0 spiro atoms. The summed E-state index contributed by atoms with van der Waals surface area (Å²) >= 11 is 0. The van der Waals surface area contributed by atoms with E-state index in [-0.39, 0.29) is 24.2 Å². The molecule has 7 nitrogen and oxygen atoms in total. The molecule has 1 fully saturated rings. The van der Waals surface area contributed by atoms with Crippen molar-refractivity contribution in [2.75, 3.05) is 13.1 Å². The van der Waals surface area contributed by atoms with E-state index in [9.17, 15) is 20.2 Å². The zero-order chi connectivity index (χ0) is 12.9. The molecule has 8 heteroatoms. The second-order valence-electron chi connectivity index (χ2n) is 4.77. The fourth-order valence-electron chi connectivity index (χ4n) is 3.02. The molecule has 2 unspecified atom stereocenters. The molecule has 1 aromatic carbocycles. The lowest BCUT2D eigenvalue weighted by Gasteiger charge is -2.19. The van der Waals surface area contributed by atoms with Crippen LogP contribution >= 0.6 is 12.4 Å². The van der Waals surface area contributed by atoms with Crippen molar-refractivity contribution in [3.63, 3.8) is 0 Å². The third-order valence-corrected chi connectivity index (χ3v) is 3.80. The van der Waals surface area contributed by atoms with E-state index in [4.69, 9.17) is 0 Å². The summed E-state index contributed by atoms with van der Waals surface area (Å²) in [6, 6.07) is 2.79. The lowest BCUT2D eigenvalue weighted by atomic mass is 9.98. The zero-order valence-electron chi connectivity index (χ0n) is 9.87. The molecule has 102 valence electrons. The summed E-state index contributed by atoms with van der Waals surface area (Å²) in [6.07, 6.45) is 0.931. The number of benzene rings is 1. The first-order chi connectivity index (χ1) is 8.58. The maximum absolute atomic E-state index is 10.9. The van der Waals surface area contributed by atoms with Gasteiger partial charge < -0.3 is 5.32 Å². The smallest absolute Gasteiger partial charge is 0.316 e. The van der Waals surface area contributed by atoms with Crippen LogP contribution in [0.5, 0.6) is 0 Å². The van der Waals surface area contributed by atoms with Crippen LogP contribution in [-0.4, -0.2) is 22.9 Å². The van der Waals surface area contributed by atoms with Gasteiger partial charge in [-0.15, -0.1) is 12.4 Å². The van der Waals surface area contributed by atoms with Gasteiger partial charge in [-0.1, -0.05) is 0 Å². The highest BCUT2D eigenvalue weighted by Gasteiger charge is 2.38. The third kappa shape index (κ3) is 2.04. The first-order valence-corrected chi connectivity index (χ1v) is 5.75. The first kappa shape index (κ1) is 13.7. The topological polar surface area (TPSA) is 98.3 Å². The Morgan fingerprint density at radius 3 is 1.79 bits per heavy atom. The number of halogens is 1. The van der Waals surface area contributed by atoms with Gasteiger partial charge in [-0.05, 0) is 29.4 Å². The Kier molecular flexibility index (Phi) is 3.42. The number of nitrogens with one attached hydrogen (secondary N) is 1. The molecule has 2 atom stereocenters. The van der Waals surface area contributed by atoms with Crippen LogP contribution in [0.15, 0.2) is 12.1 Å². The molecule has 0 saturated carbocycles. The van der Waals surface area contributed by atoms with Gasteiger partial charge in [0, 0.05) is 25.2 Å². The molecule has 1 aliphatic heterocycles. The van der Waals surface area contributed by atoms with E-state index in [1.54, 1.807) is 0 Å². The quantitative estimate of drug-likeness (QED) is 0.663. The lowest BCUT2D eigenvalue weighted by Crippen LogP contribution is -2.28. The maximum atomic E-state index is 10.9. The van der Waals surface area contributed by atoms with Gasteiger partial charge in [0.15, 0.2) is 0 Å². The van der Waals surface area contributed by atoms with Crippen molar-refractivity contribution >= 4 is 23.8 Å². The molecule has 1 N–H and O–H groups in total. The van der Waals surface area contributed by atoms with Gasteiger partial charge in [0.25, 0.3) is 0 Å². The van der Waals surface area contributed by atoms with E-state index in [0.29, 0.717) is 0 Å². The predicted molar refractivity (Wildman–Crippen MR) is 70.0 cm³/mol. The second kappa shape index (κ2) is 4.75. The third-order valence-electron chi connectivity index (χ3n) is 3.80. The Bertz CT molecular complexity index is 516. The van der Waals surface area contributed by atoms with Gasteiger partial charge in [-0.2, -0.15) is 0 Å². The highest BCUT2D eigenvalue weighted by molar-refractivity contribution is 5.85. The molecule has 0 amide bonds. The summed E-state index contributed by atoms with van der Waals surface area (Å²) in [5.74, 6) is 0.497. The number of hydrogen-bond donors (Lipinski definition) is 1. The van der Waals surface area contributed by atoms with Crippen LogP contribution in [0.2, 0.25) is 0 Å². The molecule has 3 rings (SSSR count). The number of piperidine rings is 1. The van der Waals surface area contributed by atoms with Crippen molar-refractivity contribution in [1.29, 1.82) is 0 Å². The molecule has 1 aromatic rings. The Morgan fingerprint density at radius 2 is 1.42 bits per heavy atom. The van der Waals surface area contributed by atoms with Crippen LogP contribution in [0.1, 0.15) is 29.4 Å². The highest BCUT2D eigenvalue weighted by Crippen LogP contribution is 2.47. The van der Waals surface area contributed by atoms with E-state index in [0.717, 1.165) is 30.6 Å². The minimum atomic E-state index is -0.672. The molecule has 1 heterocycles. The van der Waals surface area contributed by atoms with Gasteiger partial charge in [0.2, 0.25) is 0 Å². The molecular weight excluding hydrogens is 274 g/mol.